The summed E-state index contributed by atoms with van der Waals surface area (Å²) < 4.78 is 5.38. The number of nitrogens with zero attached hydrogens (tertiary/aromatic N) is 6. The first kappa shape index (κ1) is 23.7. The zero-order chi connectivity index (χ0) is 24.2. The van der Waals surface area contributed by atoms with Crippen molar-refractivity contribution in [1.29, 1.82) is 0 Å². The van der Waals surface area contributed by atoms with Crippen molar-refractivity contribution in [3.63, 3.8) is 0 Å². The van der Waals surface area contributed by atoms with Gasteiger partial charge in [0.2, 0.25) is 5.91 Å². The first-order valence-electron chi connectivity index (χ1n) is 12.0. The summed E-state index contributed by atoms with van der Waals surface area (Å²) in [7, 11) is 0. The van der Waals surface area contributed by atoms with Gasteiger partial charge in [-0.1, -0.05) is 41.4 Å². The second-order valence-corrected chi connectivity index (χ2v) is 9.31. The number of benzene rings is 1. The third-order valence-electron chi connectivity index (χ3n) is 6.53. The van der Waals surface area contributed by atoms with Gasteiger partial charge < -0.3 is 14.5 Å². The number of ether oxygens (including phenoxy) is 1. The molecule has 0 aliphatic carbocycles. The zero-order valence-electron chi connectivity index (χ0n) is 19.9. The highest BCUT2D eigenvalue weighted by Gasteiger charge is 2.25. The maximum absolute atomic E-state index is 12.8. The molecule has 2 saturated heterocycles. The lowest BCUT2D eigenvalue weighted by atomic mass is 10.0. The van der Waals surface area contributed by atoms with Crippen LogP contribution in [-0.2, 0) is 9.53 Å². The van der Waals surface area contributed by atoms with Crippen molar-refractivity contribution >= 4 is 23.3 Å². The Bertz CT molecular complexity index is 1170. The van der Waals surface area contributed by atoms with Crippen LogP contribution in [0.25, 0.3) is 22.5 Å². The van der Waals surface area contributed by atoms with E-state index in [1.807, 2.05) is 17.2 Å². The number of hydrogen-bond donors (Lipinski definition) is 0. The number of anilines is 1. The SMILES string of the molecule is Cc1ccc(-c2ncc(N3CCN(C(=O)CN4CCOCC4)CC3)nc2-c2ccncc2Cl)cc1. The molecule has 2 aliphatic rings. The van der Waals surface area contributed by atoms with Crippen LogP contribution in [0.2, 0.25) is 5.02 Å². The van der Waals surface area contributed by atoms with Gasteiger partial charge in [0.15, 0.2) is 0 Å². The predicted molar refractivity (Wildman–Crippen MR) is 136 cm³/mol. The Balaban J connectivity index is 1.35. The van der Waals surface area contributed by atoms with E-state index in [0.29, 0.717) is 51.0 Å². The van der Waals surface area contributed by atoms with Gasteiger partial charge in [0.05, 0.1) is 36.7 Å². The molecule has 0 spiro atoms. The number of piperazine rings is 1. The molecule has 2 fully saturated rings. The second-order valence-electron chi connectivity index (χ2n) is 8.90. The topological polar surface area (TPSA) is 74.7 Å². The van der Waals surface area contributed by atoms with Crippen molar-refractivity contribution in [3.05, 3.63) is 59.5 Å². The first-order valence-corrected chi connectivity index (χ1v) is 12.3. The summed E-state index contributed by atoms with van der Waals surface area (Å²) in [5.74, 6) is 0.959. The molecule has 0 radical (unpaired) electrons. The Morgan fingerprint density at radius 3 is 2.43 bits per heavy atom. The summed E-state index contributed by atoms with van der Waals surface area (Å²) in [5, 5.41) is 0.533. The van der Waals surface area contributed by atoms with Gasteiger partial charge in [0, 0.05) is 62.8 Å². The third kappa shape index (κ3) is 5.45. The fraction of sp³-hybridized carbons (Fsp3) is 0.385. The second kappa shape index (κ2) is 10.7. The lowest BCUT2D eigenvalue weighted by molar-refractivity contribution is -0.133. The zero-order valence-corrected chi connectivity index (χ0v) is 20.6. The lowest BCUT2D eigenvalue weighted by Crippen LogP contribution is -2.52. The number of aromatic nitrogens is 3. The Morgan fingerprint density at radius 2 is 1.71 bits per heavy atom. The molecule has 8 nitrogen and oxygen atoms in total. The van der Waals surface area contributed by atoms with Gasteiger partial charge in [-0.25, -0.2) is 4.98 Å². The molecular formula is C26H29ClN6O2. The molecular weight excluding hydrogens is 464 g/mol. The average Bonchev–Trinajstić information content (AvgIpc) is 2.90. The Labute approximate surface area is 210 Å². The van der Waals surface area contributed by atoms with E-state index in [1.54, 1.807) is 12.4 Å². The first-order chi connectivity index (χ1) is 17.1. The van der Waals surface area contributed by atoms with Crippen LogP contribution in [0.15, 0.2) is 48.9 Å². The number of aryl methyl sites for hydroxylation is 1. The van der Waals surface area contributed by atoms with Gasteiger partial charge in [0.1, 0.15) is 11.5 Å². The van der Waals surface area contributed by atoms with E-state index in [0.717, 1.165) is 41.4 Å². The number of morpholine rings is 1. The largest absolute Gasteiger partial charge is 0.379 e. The summed E-state index contributed by atoms with van der Waals surface area (Å²) in [4.78, 5) is 33.0. The van der Waals surface area contributed by atoms with Crippen LogP contribution < -0.4 is 4.90 Å². The van der Waals surface area contributed by atoms with Gasteiger partial charge in [-0.3, -0.25) is 19.7 Å². The number of pyridine rings is 1. The minimum Gasteiger partial charge on any atom is -0.379 e. The maximum atomic E-state index is 12.8. The van der Waals surface area contributed by atoms with Gasteiger partial charge in [0.25, 0.3) is 0 Å². The standard InChI is InChI=1S/C26H29ClN6O2/c1-19-2-4-20(5-3-19)25-26(21-6-7-28-16-22(21)27)30-23(17-29-25)32-8-10-33(11-9-32)24(34)18-31-12-14-35-15-13-31/h2-7,16-17H,8-15,18H2,1H3. The number of rotatable bonds is 5. The van der Waals surface area contributed by atoms with E-state index in [9.17, 15) is 4.79 Å². The molecule has 0 bridgehead atoms. The molecule has 0 unspecified atom stereocenters. The molecule has 0 atom stereocenters. The normalized spacial score (nSPS) is 17.0. The monoisotopic (exact) mass is 492 g/mol. The Hall–Kier alpha value is -3.07. The van der Waals surface area contributed by atoms with E-state index in [2.05, 4.69) is 46.0 Å². The van der Waals surface area contributed by atoms with Crippen molar-refractivity contribution in [2.45, 2.75) is 6.92 Å². The fourth-order valence-corrected chi connectivity index (χ4v) is 4.65. The number of amides is 1. The minimum atomic E-state index is 0.177. The van der Waals surface area contributed by atoms with E-state index < -0.39 is 0 Å². The van der Waals surface area contributed by atoms with Crippen molar-refractivity contribution in [2.75, 3.05) is 63.9 Å². The van der Waals surface area contributed by atoms with Crippen molar-refractivity contribution in [1.82, 2.24) is 24.8 Å². The summed E-state index contributed by atoms with van der Waals surface area (Å²) in [5.41, 5.74) is 4.47. The molecule has 5 rings (SSSR count). The molecule has 1 aromatic carbocycles. The molecule has 35 heavy (non-hydrogen) atoms. The van der Waals surface area contributed by atoms with Crippen molar-refractivity contribution in [2.24, 2.45) is 0 Å². The average molecular weight is 493 g/mol. The highest BCUT2D eigenvalue weighted by molar-refractivity contribution is 6.33. The van der Waals surface area contributed by atoms with Crippen LogP contribution in [0, 0.1) is 6.92 Å². The van der Waals surface area contributed by atoms with Crippen molar-refractivity contribution in [3.8, 4) is 22.5 Å². The van der Waals surface area contributed by atoms with Gasteiger partial charge in [-0.15, -0.1) is 0 Å². The van der Waals surface area contributed by atoms with Crippen molar-refractivity contribution < 1.29 is 9.53 Å². The molecule has 1 amide bonds. The van der Waals surface area contributed by atoms with Gasteiger partial charge in [-0.05, 0) is 13.0 Å². The quantitative estimate of drug-likeness (QED) is 0.541. The molecule has 0 saturated carbocycles. The smallest absolute Gasteiger partial charge is 0.236 e. The minimum absolute atomic E-state index is 0.177. The molecule has 2 aromatic heterocycles. The summed E-state index contributed by atoms with van der Waals surface area (Å²) >= 11 is 6.52. The van der Waals surface area contributed by atoms with Crippen LogP contribution >= 0.6 is 11.6 Å². The van der Waals surface area contributed by atoms with Crippen LogP contribution in [0.5, 0.6) is 0 Å². The molecule has 9 heteroatoms. The number of carbonyl (C=O) groups is 1. The predicted octanol–water partition coefficient (Wildman–Crippen LogP) is 3.15. The summed E-state index contributed by atoms with van der Waals surface area (Å²) in [6.07, 6.45) is 5.16. The number of halogens is 1. The summed E-state index contributed by atoms with van der Waals surface area (Å²) in [6.45, 7) is 8.28. The van der Waals surface area contributed by atoms with Gasteiger partial charge in [-0.2, -0.15) is 0 Å². The summed E-state index contributed by atoms with van der Waals surface area (Å²) in [6, 6.07) is 10.1. The molecule has 0 N–H and O–H groups in total. The van der Waals surface area contributed by atoms with Crippen LogP contribution in [0.3, 0.4) is 0 Å². The maximum Gasteiger partial charge on any atom is 0.236 e. The van der Waals surface area contributed by atoms with Crippen LogP contribution in [0.1, 0.15) is 5.56 Å². The van der Waals surface area contributed by atoms with E-state index >= 15 is 0 Å². The number of carbonyl (C=O) groups excluding carboxylic acids is 1. The third-order valence-corrected chi connectivity index (χ3v) is 6.83. The van der Waals surface area contributed by atoms with Crippen LogP contribution in [-0.4, -0.2) is 89.7 Å². The Morgan fingerprint density at radius 1 is 0.971 bits per heavy atom. The lowest BCUT2D eigenvalue weighted by Gasteiger charge is -2.37. The highest BCUT2D eigenvalue weighted by Crippen LogP contribution is 2.34. The molecule has 4 heterocycles. The number of hydrogen-bond acceptors (Lipinski definition) is 7. The fourth-order valence-electron chi connectivity index (χ4n) is 4.45. The van der Waals surface area contributed by atoms with Crippen LogP contribution in [0.4, 0.5) is 5.82 Å². The molecule has 182 valence electrons. The van der Waals surface area contributed by atoms with E-state index in [-0.39, 0.29) is 5.91 Å². The van der Waals surface area contributed by atoms with E-state index in [1.165, 1.54) is 5.56 Å². The van der Waals surface area contributed by atoms with E-state index in [4.69, 9.17) is 26.3 Å². The highest BCUT2D eigenvalue weighted by atomic mass is 35.5. The molecule has 2 aliphatic heterocycles. The van der Waals surface area contributed by atoms with Gasteiger partial charge >= 0.3 is 0 Å². The molecule has 3 aromatic rings. The Kier molecular flexibility index (Phi) is 7.22.